The summed E-state index contributed by atoms with van der Waals surface area (Å²) < 4.78 is 48.9. The number of hydrogen-bond acceptors (Lipinski definition) is 5. The van der Waals surface area contributed by atoms with Gasteiger partial charge in [-0.2, -0.15) is 4.31 Å². The Kier molecular flexibility index (Phi) is 6.70. The van der Waals surface area contributed by atoms with Crippen LogP contribution in [0, 0.1) is 12.7 Å². The topological polar surface area (TPSA) is 72.9 Å². The van der Waals surface area contributed by atoms with Crippen LogP contribution in [0.4, 0.5) is 4.39 Å². The number of nitrogens with zero attached hydrogens (tertiary/aromatic N) is 1. The fraction of sp³-hybridized carbons (Fsp3) is 0.278. The Hall–Kier alpha value is -2.45. The highest BCUT2D eigenvalue weighted by Crippen LogP contribution is 2.16. The van der Waals surface area contributed by atoms with Gasteiger partial charge in [0, 0.05) is 7.05 Å². The highest BCUT2D eigenvalue weighted by molar-refractivity contribution is 7.89. The Balaban J connectivity index is 1.81. The molecule has 0 spiro atoms. The molecule has 0 atom stereocenters. The molecule has 2 aromatic carbocycles. The standard InChI is InChI=1S/C18H20FNO5S/c1-14-5-3-4-6-17(14)24-11-12-25-18(21)13-20(2)26(22,23)16-9-7-15(19)8-10-16/h3-10H,11-13H2,1-2H3. The fourth-order valence-electron chi connectivity index (χ4n) is 2.12. The fourth-order valence-corrected chi connectivity index (χ4v) is 3.24. The Bertz CT molecular complexity index is 852. The molecule has 0 N–H and O–H groups in total. The van der Waals surface area contributed by atoms with Crippen molar-refractivity contribution in [3.05, 3.63) is 59.9 Å². The first kappa shape index (κ1) is 19.9. The minimum Gasteiger partial charge on any atom is -0.490 e. The quantitative estimate of drug-likeness (QED) is 0.519. The number of rotatable bonds is 8. The molecule has 0 aliphatic carbocycles. The zero-order valence-corrected chi connectivity index (χ0v) is 15.3. The van der Waals surface area contributed by atoms with E-state index < -0.39 is 28.4 Å². The summed E-state index contributed by atoms with van der Waals surface area (Å²) in [6.45, 7) is 1.60. The maximum absolute atomic E-state index is 12.9. The number of benzene rings is 2. The molecule has 0 radical (unpaired) electrons. The van der Waals surface area contributed by atoms with E-state index in [1.807, 2.05) is 25.1 Å². The number of halogens is 1. The molecular formula is C18H20FNO5S. The monoisotopic (exact) mass is 381 g/mol. The summed E-state index contributed by atoms with van der Waals surface area (Å²) in [6.07, 6.45) is 0. The predicted octanol–water partition coefficient (Wildman–Crippen LogP) is 2.38. The van der Waals surface area contributed by atoms with Crippen molar-refractivity contribution < 1.29 is 27.1 Å². The van der Waals surface area contributed by atoms with E-state index in [0.29, 0.717) is 5.75 Å². The van der Waals surface area contributed by atoms with Crippen LogP contribution in [0.3, 0.4) is 0 Å². The van der Waals surface area contributed by atoms with Gasteiger partial charge in [0.15, 0.2) is 0 Å². The Morgan fingerprint density at radius 1 is 1.08 bits per heavy atom. The van der Waals surface area contributed by atoms with Gasteiger partial charge in [-0.25, -0.2) is 12.8 Å². The highest BCUT2D eigenvalue weighted by atomic mass is 32.2. The summed E-state index contributed by atoms with van der Waals surface area (Å²) >= 11 is 0. The van der Waals surface area contributed by atoms with E-state index in [-0.39, 0.29) is 18.1 Å². The predicted molar refractivity (Wildman–Crippen MR) is 93.8 cm³/mol. The molecule has 26 heavy (non-hydrogen) atoms. The molecule has 2 aromatic rings. The van der Waals surface area contributed by atoms with Gasteiger partial charge < -0.3 is 9.47 Å². The minimum atomic E-state index is -3.90. The molecule has 0 saturated heterocycles. The van der Waals surface area contributed by atoms with Gasteiger partial charge in [0.25, 0.3) is 0 Å². The van der Waals surface area contributed by atoms with Crippen molar-refractivity contribution in [2.24, 2.45) is 0 Å². The van der Waals surface area contributed by atoms with Crippen molar-refractivity contribution in [3.63, 3.8) is 0 Å². The van der Waals surface area contributed by atoms with Crippen molar-refractivity contribution in [1.82, 2.24) is 4.31 Å². The van der Waals surface area contributed by atoms with Crippen LogP contribution in [-0.2, 0) is 19.6 Å². The number of hydrogen-bond donors (Lipinski definition) is 0. The lowest BCUT2D eigenvalue weighted by molar-refractivity contribution is -0.144. The third kappa shape index (κ3) is 5.27. The van der Waals surface area contributed by atoms with E-state index in [2.05, 4.69) is 0 Å². The van der Waals surface area contributed by atoms with Gasteiger partial charge in [-0.3, -0.25) is 4.79 Å². The maximum atomic E-state index is 12.9. The minimum absolute atomic E-state index is 0.00238. The SMILES string of the molecule is Cc1ccccc1OCCOC(=O)CN(C)S(=O)(=O)c1ccc(F)cc1. The molecule has 8 heteroatoms. The second-order valence-corrected chi connectivity index (χ2v) is 7.59. The van der Waals surface area contributed by atoms with Gasteiger partial charge >= 0.3 is 5.97 Å². The average Bonchev–Trinajstić information content (AvgIpc) is 2.60. The van der Waals surface area contributed by atoms with Crippen LogP contribution in [0.5, 0.6) is 5.75 Å². The van der Waals surface area contributed by atoms with Crippen LogP contribution < -0.4 is 4.74 Å². The van der Waals surface area contributed by atoms with Crippen molar-refractivity contribution in [2.45, 2.75) is 11.8 Å². The molecule has 0 heterocycles. The summed E-state index contributed by atoms with van der Waals surface area (Å²) in [4.78, 5) is 11.7. The highest BCUT2D eigenvalue weighted by Gasteiger charge is 2.23. The first-order chi connectivity index (χ1) is 12.3. The normalized spacial score (nSPS) is 11.4. The second kappa shape index (κ2) is 8.77. The number of ether oxygens (including phenoxy) is 2. The summed E-state index contributed by atoms with van der Waals surface area (Å²) in [5.74, 6) is -0.550. The smallest absolute Gasteiger partial charge is 0.321 e. The summed E-state index contributed by atoms with van der Waals surface area (Å²) in [5.41, 5.74) is 0.962. The number of carbonyl (C=O) groups excluding carboxylic acids is 1. The van der Waals surface area contributed by atoms with E-state index in [0.717, 1.165) is 34.1 Å². The third-order valence-electron chi connectivity index (χ3n) is 3.57. The van der Waals surface area contributed by atoms with Crippen molar-refractivity contribution in [1.29, 1.82) is 0 Å². The Labute approximate surface area is 152 Å². The van der Waals surface area contributed by atoms with Crippen molar-refractivity contribution >= 4 is 16.0 Å². The lowest BCUT2D eigenvalue weighted by Crippen LogP contribution is -2.33. The van der Waals surface area contributed by atoms with Crippen molar-refractivity contribution in [3.8, 4) is 5.75 Å². The van der Waals surface area contributed by atoms with E-state index in [1.165, 1.54) is 7.05 Å². The van der Waals surface area contributed by atoms with Crippen LogP contribution in [-0.4, -0.2) is 45.5 Å². The molecule has 0 amide bonds. The van der Waals surface area contributed by atoms with Gasteiger partial charge in [0.1, 0.15) is 31.3 Å². The maximum Gasteiger partial charge on any atom is 0.321 e. The summed E-state index contributed by atoms with van der Waals surface area (Å²) in [6, 6.07) is 11.8. The van der Waals surface area contributed by atoms with Crippen LogP contribution in [0.15, 0.2) is 53.4 Å². The zero-order valence-electron chi connectivity index (χ0n) is 14.5. The molecule has 0 aliphatic heterocycles. The molecule has 6 nitrogen and oxygen atoms in total. The number of para-hydroxylation sites is 1. The molecule has 0 aliphatic rings. The summed E-state index contributed by atoms with van der Waals surface area (Å²) in [5, 5.41) is 0. The Morgan fingerprint density at radius 3 is 2.38 bits per heavy atom. The molecule has 140 valence electrons. The molecular weight excluding hydrogens is 361 g/mol. The first-order valence-electron chi connectivity index (χ1n) is 7.86. The van der Waals surface area contributed by atoms with Crippen LogP contribution >= 0.6 is 0 Å². The number of sulfonamides is 1. The lowest BCUT2D eigenvalue weighted by atomic mass is 10.2. The third-order valence-corrected chi connectivity index (χ3v) is 5.39. The van der Waals surface area contributed by atoms with Gasteiger partial charge in [-0.15, -0.1) is 0 Å². The number of aryl methyl sites for hydroxylation is 1. The van der Waals surface area contributed by atoms with Crippen LogP contribution in [0.25, 0.3) is 0 Å². The van der Waals surface area contributed by atoms with Gasteiger partial charge in [0.05, 0.1) is 4.90 Å². The molecule has 0 bridgehead atoms. The van der Waals surface area contributed by atoms with Gasteiger partial charge in [-0.1, -0.05) is 18.2 Å². The average molecular weight is 381 g/mol. The molecule has 0 aromatic heterocycles. The van der Waals surface area contributed by atoms with Gasteiger partial charge in [-0.05, 0) is 42.8 Å². The van der Waals surface area contributed by atoms with Gasteiger partial charge in [0.2, 0.25) is 10.0 Å². The van der Waals surface area contributed by atoms with E-state index in [9.17, 15) is 17.6 Å². The second-order valence-electron chi connectivity index (χ2n) is 5.55. The molecule has 2 rings (SSSR count). The zero-order chi connectivity index (χ0) is 19.2. The molecule has 0 unspecified atom stereocenters. The van der Waals surface area contributed by atoms with E-state index >= 15 is 0 Å². The van der Waals surface area contributed by atoms with Crippen LogP contribution in [0.2, 0.25) is 0 Å². The number of carbonyl (C=O) groups is 1. The molecule has 0 fully saturated rings. The van der Waals surface area contributed by atoms with E-state index in [1.54, 1.807) is 6.07 Å². The number of esters is 1. The van der Waals surface area contributed by atoms with Crippen molar-refractivity contribution in [2.75, 3.05) is 26.8 Å². The van der Waals surface area contributed by atoms with E-state index in [4.69, 9.17) is 9.47 Å². The lowest BCUT2D eigenvalue weighted by Gasteiger charge is -2.16. The largest absolute Gasteiger partial charge is 0.490 e. The first-order valence-corrected chi connectivity index (χ1v) is 9.30. The Morgan fingerprint density at radius 2 is 1.73 bits per heavy atom. The number of likely N-dealkylation sites (N-methyl/N-ethyl adjacent to an activating group) is 1. The van der Waals surface area contributed by atoms with Crippen LogP contribution in [0.1, 0.15) is 5.56 Å². The summed E-state index contributed by atoms with van der Waals surface area (Å²) in [7, 11) is -2.64. The molecule has 0 saturated carbocycles.